The molecule has 1 aromatic carbocycles. The number of hydrogen-bond donors (Lipinski definition) is 2. The molecule has 2 N–H and O–H groups in total. The summed E-state index contributed by atoms with van der Waals surface area (Å²) in [6.07, 6.45) is 2.40. The van der Waals surface area contributed by atoms with Gasteiger partial charge in [-0.1, -0.05) is 23.8 Å². The second kappa shape index (κ2) is 6.63. The Hall–Kier alpha value is -2.57. The molecule has 26 heavy (non-hydrogen) atoms. The van der Waals surface area contributed by atoms with Crippen molar-refractivity contribution in [3.8, 4) is 11.3 Å². The van der Waals surface area contributed by atoms with Crippen LogP contribution in [0.2, 0.25) is 5.02 Å². The van der Waals surface area contributed by atoms with Crippen LogP contribution < -0.4 is 10.6 Å². The van der Waals surface area contributed by atoms with Gasteiger partial charge in [-0.05, 0) is 44.2 Å². The molecule has 0 amide bonds. The molecule has 4 rings (SSSR count). The Morgan fingerprint density at radius 2 is 2.00 bits per heavy atom. The number of fused-ring (bicyclic) bond motifs is 3. The normalized spacial score (nSPS) is 12.7. The summed E-state index contributed by atoms with van der Waals surface area (Å²) in [4.78, 5) is 14.4. The van der Waals surface area contributed by atoms with Gasteiger partial charge in [-0.3, -0.25) is 4.98 Å². The molecule has 0 radical (unpaired) electrons. The van der Waals surface area contributed by atoms with E-state index in [1.165, 1.54) is 0 Å². The minimum Gasteiger partial charge on any atom is -0.349 e. The van der Waals surface area contributed by atoms with Gasteiger partial charge >= 0.3 is 0 Å². The van der Waals surface area contributed by atoms with Crippen molar-refractivity contribution >= 4 is 46.1 Å². The van der Waals surface area contributed by atoms with Crippen molar-refractivity contribution in [3.63, 3.8) is 0 Å². The summed E-state index contributed by atoms with van der Waals surface area (Å²) in [6.45, 7) is 3.92. The molecule has 0 unspecified atom stereocenters. The standard InChI is InChI=1S/C19H16ClN5S/c1-10-3-6-15(11(2)22-10)24-19-21-9-12-7-17(26)23-16-8-13(20)4-5-14(16)18(12)25-19/h3-6,8-9H,7H2,1-2H3,(H,23,26)(H,21,24,25). The number of thiocarbonyl (C=S) groups is 1. The van der Waals surface area contributed by atoms with E-state index in [1.807, 2.05) is 50.4 Å². The summed E-state index contributed by atoms with van der Waals surface area (Å²) in [7, 11) is 0. The van der Waals surface area contributed by atoms with Gasteiger partial charge in [0.15, 0.2) is 0 Å². The summed E-state index contributed by atoms with van der Waals surface area (Å²) in [5, 5.41) is 7.15. The van der Waals surface area contributed by atoms with Crippen LogP contribution in [0.1, 0.15) is 17.0 Å². The summed E-state index contributed by atoms with van der Waals surface area (Å²) >= 11 is 11.6. The maximum Gasteiger partial charge on any atom is 0.227 e. The number of nitrogens with zero attached hydrogens (tertiary/aromatic N) is 3. The summed E-state index contributed by atoms with van der Waals surface area (Å²) in [6, 6.07) is 9.60. The minimum absolute atomic E-state index is 0.520. The van der Waals surface area contributed by atoms with Crippen LogP contribution in [0.15, 0.2) is 36.5 Å². The molecule has 0 saturated carbocycles. The molecule has 3 heterocycles. The highest BCUT2D eigenvalue weighted by Gasteiger charge is 2.19. The third kappa shape index (κ3) is 3.25. The van der Waals surface area contributed by atoms with Crippen molar-refractivity contribution in [2.75, 3.05) is 10.6 Å². The first-order chi connectivity index (χ1) is 12.5. The fraction of sp³-hybridized carbons (Fsp3) is 0.158. The van der Waals surface area contributed by atoms with Crippen molar-refractivity contribution in [2.24, 2.45) is 0 Å². The molecule has 0 aliphatic carbocycles. The fourth-order valence-corrected chi connectivity index (χ4v) is 3.40. The lowest BCUT2D eigenvalue weighted by atomic mass is 10.1. The predicted octanol–water partition coefficient (Wildman–Crippen LogP) is 4.85. The van der Waals surface area contributed by atoms with Crippen molar-refractivity contribution in [1.82, 2.24) is 15.0 Å². The highest BCUT2D eigenvalue weighted by Crippen LogP contribution is 2.35. The Balaban J connectivity index is 1.78. The molecule has 1 aliphatic heterocycles. The van der Waals surface area contributed by atoms with Gasteiger partial charge in [0.2, 0.25) is 5.95 Å². The van der Waals surface area contributed by atoms with Gasteiger partial charge in [0, 0.05) is 40.1 Å². The lowest BCUT2D eigenvalue weighted by Crippen LogP contribution is -2.10. The van der Waals surface area contributed by atoms with E-state index in [4.69, 9.17) is 28.8 Å². The van der Waals surface area contributed by atoms with E-state index in [-0.39, 0.29) is 0 Å². The van der Waals surface area contributed by atoms with Crippen LogP contribution in [-0.4, -0.2) is 19.9 Å². The molecular formula is C19H16ClN5S. The highest BCUT2D eigenvalue weighted by molar-refractivity contribution is 7.80. The number of pyridine rings is 1. The molecule has 0 saturated heterocycles. The fourth-order valence-electron chi connectivity index (χ4n) is 2.96. The van der Waals surface area contributed by atoms with Gasteiger partial charge in [0.25, 0.3) is 0 Å². The highest BCUT2D eigenvalue weighted by atomic mass is 35.5. The van der Waals surface area contributed by atoms with Crippen LogP contribution >= 0.6 is 23.8 Å². The second-order valence-corrected chi connectivity index (χ2v) is 7.12. The van der Waals surface area contributed by atoms with Crippen LogP contribution in [0, 0.1) is 13.8 Å². The van der Waals surface area contributed by atoms with Crippen LogP contribution in [0.3, 0.4) is 0 Å². The molecule has 5 nitrogen and oxygen atoms in total. The van der Waals surface area contributed by atoms with Gasteiger partial charge in [0.05, 0.1) is 22.1 Å². The number of rotatable bonds is 2. The van der Waals surface area contributed by atoms with E-state index in [1.54, 1.807) is 0 Å². The van der Waals surface area contributed by atoms with Gasteiger partial charge in [0.1, 0.15) is 0 Å². The predicted molar refractivity (Wildman–Crippen MR) is 109 cm³/mol. The second-order valence-electron chi connectivity index (χ2n) is 6.19. The maximum atomic E-state index is 6.14. The van der Waals surface area contributed by atoms with Crippen molar-refractivity contribution in [3.05, 3.63) is 58.5 Å². The Morgan fingerprint density at radius 3 is 2.81 bits per heavy atom. The Bertz CT molecular complexity index is 1030. The van der Waals surface area contributed by atoms with E-state index in [2.05, 4.69) is 20.6 Å². The molecule has 1 aliphatic rings. The summed E-state index contributed by atoms with van der Waals surface area (Å²) in [5.74, 6) is 0.520. The molecule has 0 fully saturated rings. The first-order valence-corrected chi connectivity index (χ1v) is 8.95. The zero-order valence-electron chi connectivity index (χ0n) is 14.3. The number of aryl methyl sites for hydroxylation is 2. The molecule has 2 aromatic heterocycles. The van der Waals surface area contributed by atoms with Crippen LogP contribution in [0.25, 0.3) is 11.3 Å². The largest absolute Gasteiger partial charge is 0.349 e. The van der Waals surface area contributed by atoms with Crippen molar-refractivity contribution in [2.45, 2.75) is 20.3 Å². The van der Waals surface area contributed by atoms with Crippen molar-refractivity contribution < 1.29 is 0 Å². The number of hydrogen-bond acceptors (Lipinski definition) is 5. The minimum atomic E-state index is 0.520. The Kier molecular flexibility index (Phi) is 4.30. The molecule has 0 spiro atoms. The number of aromatic nitrogens is 3. The number of halogens is 1. The molecular weight excluding hydrogens is 366 g/mol. The lowest BCUT2D eigenvalue weighted by Gasteiger charge is -2.12. The third-order valence-corrected chi connectivity index (χ3v) is 4.68. The number of benzene rings is 1. The quantitative estimate of drug-likeness (QED) is 0.619. The summed E-state index contributed by atoms with van der Waals surface area (Å²) in [5.41, 5.74) is 6.40. The Morgan fingerprint density at radius 1 is 1.15 bits per heavy atom. The zero-order chi connectivity index (χ0) is 18.3. The average Bonchev–Trinajstić information content (AvgIpc) is 2.72. The van der Waals surface area contributed by atoms with E-state index < -0.39 is 0 Å². The SMILES string of the molecule is Cc1ccc(Nc2ncc3c(n2)-c2ccc(Cl)cc2NC(=S)C3)c(C)n1. The van der Waals surface area contributed by atoms with Gasteiger partial charge in [-0.2, -0.15) is 0 Å². The average molecular weight is 382 g/mol. The first kappa shape index (κ1) is 16.9. The maximum absolute atomic E-state index is 6.14. The van der Waals surface area contributed by atoms with Gasteiger partial charge < -0.3 is 10.6 Å². The zero-order valence-corrected chi connectivity index (χ0v) is 15.9. The van der Waals surface area contributed by atoms with Gasteiger partial charge in [-0.15, -0.1) is 0 Å². The first-order valence-electron chi connectivity index (χ1n) is 8.16. The number of nitrogens with one attached hydrogen (secondary N) is 2. The van der Waals surface area contributed by atoms with Crippen LogP contribution in [0.4, 0.5) is 17.3 Å². The van der Waals surface area contributed by atoms with Crippen LogP contribution in [0.5, 0.6) is 0 Å². The van der Waals surface area contributed by atoms with Gasteiger partial charge in [-0.25, -0.2) is 9.97 Å². The molecule has 7 heteroatoms. The van der Waals surface area contributed by atoms with E-state index in [0.717, 1.165) is 44.6 Å². The smallest absolute Gasteiger partial charge is 0.227 e. The monoisotopic (exact) mass is 381 g/mol. The molecule has 0 bridgehead atoms. The van der Waals surface area contributed by atoms with Crippen molar-refractivity contribution in [1.29, 1.82) is 0 Å². The molecule has 0 atom stereocenters. The summed E-state index contributed by atoms with van der Waals surface area (Å²) < 4.78 is 0. The molecule has 130 valence electrons. The lowest BCUT2D eigenvalue weighted by molar-refractivity contribution is 1.09. The third-order valence-electron chi connectivity index (χ3n) is 4.20. The van der Waals surface area contributed by atoms with E-state index in [0.29, 0.717) is 17.4 Å². The number of anilines is 3. The van der Waals surface area contributed by atoms with E-state index >= 15 is 0 Å². The van der Waals surface area contributed by atoms with E-state index in [9.17, 15) is 0 Å². The topological polar surface area (TPSA) is 62.7 Å². The van der Waals surface area contributed by atoms with Crippen LogP contribution in [-0.2, 0) is 6.42 Å². The Labute approximate surface area is 161 Å². The molecule has 3 aromatic rings.